The van der Waals surface area contributed by atoms with Gasteiger partial charge in [-0.1, -0.05) is 70.2 Å². The van der Waals surface area contributed by atoms with E-state index < -0.39 is 22.5 Å². The molecule has 0 amide bonds. The molecule has 10 heteroatoms. The molecule has 2 unspecified atom stereocenters. The summed E-state index contributed by atoms with van der Waals surface area (Å²) in [5.74, 6) is 0.662. The summed E-state index contributed by atoms with van der Waals surface area (Å²) in [4.78, 5) is 1.80. The van der Waals surface area contributed by atoms with Gasteiger partial charge in [0.05, 0.1) is 6.10 Å². The maximum absolute atomic E-state index is 11.7. The molecule has 0 aliphatic rings. The third-order valence-corrected chi connectivity index (χ3v) is 6.74. The molecule has 0 saturated carbocycles. The molecule has 8 nitrogen and oxygen atoms in total. The van der Waals surface area contributed by atoms with Crippen molar-refractivity contribution < 1.29 is 79.3 Å². The molecular formula is C26H39KN2O6S. The minimum Gasteiger partial charge on any atom is -0.735 e. The summed E-state index contributed by atoms with van der Waals surface area (Å²) in [6.07, 6.45) is -1.51. The maximum atomic E-state index is 11.7. The maximum Gasteiger partial charge on any atom is 1.00 e. The molecule has 0 radical (unpaired) electrons. The fourth-order valence-electron chi connectivity index (χ4n) is 3.71. The van der Waals surface area contributed by atoms with Gasteiger partial charge in [-0.25, -0.2) is 12.7 Å². The molecule has 0 bridgehead atoms. The summed E-state index contributed by atoms with van der Waals surface area (Å²) >= 11 is 0. The minimum atomic E-state index is -4.71. The second-order valence-electron chi connectivity index (χ2n) is 9.80. The first-order valence-electron chi connectivity index (χ1n) is 11.9. The van der Waals surface area contributed by atoms with Crippen molar-refractivity contribution in [2.75, 3.05) is 39.3 Å². The number of nitrogens with zero attached hydrogens (tertiary/aromatic N) is 2. The number of hydrogen-bond acceptors (Lipinski definition) is 7. The van der Waals surface area contributed by atoms with Crippen molar-refractivity contribution in [3.05, 3.63) is 65.7 Å². The van der Waals surface area contributed by atoms with Gasteiger partial charge in [0.25, 0.3) is 0 Å². The number of ether oxygens (including phenoxy) is 1. The van der Waals surface area contributed by atoms with E-state index in [1.807, 2.05) is 61.5 Å². The molecule has 0 saturated heterocycles. The van der Waals surface area contributed by atoms with Crippen molar-refractivity contribution in [2.24, 2.45) is 0 Å². The molecule has 0 spiro atoms. The van der Waals surface area contributed by atoms with Crippen LogP contribution in [0.5, 0.6) is 5.75 Å². The summed E-state index contributed by atoms with van der Waals surface area (Å²) in [6, 6.07) is 17.0. The van der Waals surface area contributed by atoms with Crippen molar-refractivity contribution in [2.45, 2.75) is 51.7 Å². The summed E-state index contributed by atoms with van der Waals surface area (Å²) in [7, 11) is -4.71. The third-order valence-electron chi connectivity index (χ3n) is 5.77. The molecule has 2 atom stereocenters. The van der Waals surface area contributed by atoms with E-state index in [1.165, 1.54) is 5.56 Å². The quantitative estimate of drug-likeness (QED) is 0.241. The van der Waals surface area contributed by atoms with Crippen LogP contribution in [0.3, 0.4) is 0 Å². The second kappa shape index (κ2) is 15.9. The Hall–Kier alpha value is -0.374. The van der Waals surface area contributed by atoms with Crippen LogP contribution in [0.4, 0.5) is 0 Å². The molecule has 2 N–H and O–H groups in total. The smallest absolute Gasteiger partial charge is 0.735 e. The first kappa shape index (κ1) is 33.7. The zero-order chi connectivity index (χ0) is 26.1. The van der Waals surface area contributed by atoms with Crippen molar-refractivity contribution >= 4 is 10.3 Å². The summed E-state index contributed by atoms with van der Waals surface area (Å²) < 4.78 is 41.6. The molecule has 36 heavy (non-hydrogen) atoms. The van der Waals surface area contributed by atoms with Crippen LogP contribution in [-0.2, 0) is 22.1 Å². The van der Waals surface area contributed by atoms with Gasteiger partial charge in [-0.05, 0) is 41.6 Å². The van der Waals surface area contributed by atoms with E-state index in [9.17, 15) is 23.2 Å². The number of aliphatic hydroxyl groups excluding tert-OH is 2. The van der Waals surface area contributed by atoms with Crippen LogP contribution < -0.4 is 56.1 Å². The Bertz CT molecular complexity index is 984. The molecular weight excluding hydrogens is 507 g/mol. The predicted octanol–water partition coefficient (Wildman–Crippen LogP) is -0.584. The van der Waals surface area contributed by atoms with Crippen molar-refractivity contribution in [1.82, 2.24) is 9.21 Å². The van der Waals surface area contributed by atoms with Gasteiger partial charge in [-0.3, -0.25) is 4.90 Å². The molecule has 0 aliphatic heterocycles. The van der Waals surface area contributed by atoms with Gasteiger partial charge in [0, 0.05) is 26.2 Å². The standard InChI is InChI=1S/C26H40N2O6S.K/c1-5-27(18-24(30)20-34-25-13-11-22(12-14-25)26(2,3)4)17-23(29)19-28(35(31,32)33)16-15-21-9-7-6-8-10-21;/h6-14,23-24,29-30H,5,15-20H2,1-4H3,(H,31,32,33);/q;+1/p-1. The summed E-state index contributed by atoms with van der Waals surface area (Å²) in [5.41, 5.74) is 2.14. The molecule has 0 aliphatic carbocycles. The average Bonchev–Trinajstić information content (AvgIpc) is 2.79. The van der Waals surface area contributed by atoms with E-state index in [0.29, 0.717) is 18.7 Å². The van der Waals surface area contributed by atoms with Crippen LogP contribution in [0, 0.1) is 0 Å². The first-order valence-corrected chi connectivity index (χ1v) is 13.3. The Morgan fingerprint density at radius 2 is 1.53 bits per heavy atom. The molecule has 196 valence electrons. The van der Waals surface area contributed by atoms with Crippen LogP contribution in [0.15, 0.2) is 54.6 Å². The van der Waals surface area contributed by atoms with Crippen molar-refractivity contribution in [3.63, 3.8) is 0 Å². The van der Waals surface area contributed by atoms with Gasteiger partial charge in [-0.2, -0.15) is 0 Å². The minimum absolute atomic E-state index is 0. The van der Waals surface area contributed by atoms with Crippen molar-refractivity contribution in [3.8, 4) is 5.75 Å². The van der Waals surface area contributed by atoms with Crippen molar-refractivity contribution in [1.29, 1.82) is 0 Å². The monoisotopic (exact) mass is 546 g/mol. The van der Waals surface area contributed by atoms with E-state index in [1.54, 1.807) is 4.90 Å². The Morgan fingerprint density at radius 3 is 2.06 bits per heavy atom. The average molecular weight is 547 g/mol. The summed E-state index contributed by atoms with van der Waals surface area (Å²) in [6.45, 7) is 8.93. The molecule has 2 rings (SSSR count). The molecule has 2 aromatic rings. The van der Waals surface area contributed by atoms with Gasteiger partial charge in [-0.15, -0.1) is 0 Å². The topological polar surface area (TPSA) is 113 Å². The van der Waals surface area contributed by atoms with Gasteiger partial charge in [0.15, 0.2) is 10.3 Å². The predicted molar refractivity (Wildman–Crippen MR) is 136 cm³/mol. The van der Waals surface area contributed by atoms with Gasteiger partial charge in [0.2, 0.25) is 0 Å². The Balaban J connectivity index is 0.00000648. The van der Waals surface area contributed by atoms with E-state index in [0.717, 1.165) is 9.87 Å². The second-order valence-corrected chi connectivity index (χ2v) is 11.2. The number of aliphatic hydroxyl groups is 2. The Labute approximate surface area is 259 Å². The number of benzene rings is 2. The fraction of sp³-hybridized carbons (Fsp3) is 0.538. The van der Waals surface area contributed by atoms with E-state index >= 15 is 0 Å². The fourth-order valence-corrected chi connectivity index (χ4v) is 4.38. The van der Waals surface area contributed by atoms with Gasteiger partial charge >= 0.3 is 51.4 Å². The van der Waals surface area contributed by atoms with Crippen LogP contribution in [0.2, 0.25) is 0 Å². The zero-order valence-electron chi connectivity index (χ0n) is 22.1. The Kier molecular flexibility index (Phi) is 14.9. The molecule has 0 heterocycles. The summed E-state index contributed by atoms with van der Waals surface area (Å²) in [5, 5.41) is 20.9. The number of likely N-dealkylation sites (N-methyl/N-ethyl adjacent to an activating group) is 1. The normalized spacial score (nSPS) is 13.9. The largest absolute Gasteiger partial charge is 1.00 e. The number of hydrogen-bond donors (Lipinski definition) is 2. The number of rotatable bonds is 14. The molecule has 0 aromatic heterocycles. The van der Waals surface area contributed by atoms with Crippen LogP contribution in [0.1, 0.15) is 38.8 Å². The van der Waals surface area contributed by atoms with Gasteiger partial charge in [0.1, 0.15) is 18.5 Å². The third kappa shape index (κ3) is 12.4. The van der Waals surface area contributed by atoms with E-state index in [2.05, 4.69) is 20.8 Å². The van der Waals surface area contributed by atoms with Crippen LogP contribution in [0.25, 0.3) is 0 Å². The molecule has 0 fully saturated rings. The van der Waals surface area contributed by atoms with Crippen LogP contribution in [-0.4, -0.2) is 83.9 Å². The molecule has 2 aromatic carbocycles. The Morgan fingerprint density at radius 1 is 0.944 bits per heavy atom. The van der Waals surface area contributed by atoms with Gasteiger partial charge < -0.3 is 19.5 Å². The zero-order valence-corrected chi connectivity index (χ0v) is 26.1. The van der Waals surface area contributed by atoms with Crippen LogP contribution >= 0.6 is 0 Å². The SMILES string of the molecule is CCN(CC(O)COc1ccc(C(C)(C)C)cc1)CC(O)CN(CCc1ccccc1)S(=O)(=O)[O-].[K+]. The first-order chi connectivity index (χ1) is 16.4. The van der Waals surface area contributed by atoms with E-state index in [-0.39, 0.29) is 89.6 Å². The van der Waals surface area contributed by atoms with E-state index in [4.69, 9.17) is 4.74 Å².